The molecule has 2 fully saturated rings. The maximum absolute atomic E-state index is 12.3. The van der Waals surface area contributed by atoms with Crippen LogP contribution in [0.1, 0.15) is 58.8 Å². The summed E-state index contributed by atoms with van der Waals surface area (Å²) in [6.07, 6.45) is 8.01. The number of ketones is 1. The summed E-state index contributed by atoms with van der Waals surface area (Å²) in [5.74, 6) is 0.181. The zero-order chi connectivity index (χ0) is 15.0. The second-order valence-electron chi connectivity index (χ2n) is 6.79. The predicted octanol–water partition coefficient (Wildman–Crippen LogP) is 2.95. The Morgan fingerprint density at radius 3 is 2.90 bits per heavy atom. The molecule has 2 aliphatic heterocycles. The Morgan fingerprint density at radius 2 is 2.14 bits per heavy atom. The van der Waals surface area contributed by atoms with Gasteiger partial charge in [0.25, 0.3) is 0 Å². The van der Waals surface area contributed by atoms with E-state index in [0.717, 1.165) is 12.8 Å². The van der Waals surface area contributed by atoms with Crippen LogP contribution in [0.25, 0.3) is 0 Å². The molecule has 1 saturated carbocycles. The van der Waals surface area contributed by atoms with Crippen LogP contribution in [0.2, 0.25) is 0 Å². The lowest BCUT2D eigenvalue weighted by Gasteiger charge is -2.45. The smallest absolute Gasteiger partial charge is 0.303 e. The Kier molecular flexibility index (Phi) is 3.91. The minimum atomic E-state index is -0.653. The molecule has 0 spiro atoms. The lowest BCUT2D eigenvalue weighted by molar-refractivity contribution is -0.194. The zero-order valence-corrected chi connectivity index (χ0v) is 12.9. The fraction of sp³-hybridized carbons (Fsp3) is 0.765. The van der Waals surface area contributed by atoms with Gasteiger partial charge in [-0.25, -0.2) is 0 Å². The number of carbonyl (C=O) groups excluding carboxylic acids is 2. The van der Waals surface area contributed by atoms with E-state index in [-0.39, 0.29) is 29.9 Å². The first kappa shape index (κ1) is 14.8. The molecule has 0 aromatic carbocycles. The highest BCUT2D eigenvalue weighted by atomic mass is 16.6. The molecule has 0 radical (unpaired) electrons. The van der Waals surface area contributed by atoms with Crippen LogP contribution in [0.15, 0.2) is 11.6 Å². The molecule has 1 saturated heterocycles. The number of carbonyl (C=O) groups is 2. The van der Waals surface area contributed by atoms with Crippen molar-refractivity contribution in [1.29, 1.82) is 0 Å². The first-order valence-corrected chi connectivity index (χ1v) is 8.06. The van der Waals surface area contributed by atoms with E-state index < -0.39 is 5.60 Å². The topological polar surface area (TPSA) is 52.6 Å². The molecule has 3 aliphatic rings. The summed E-state index contributed by atoms with van der Waals surface area (Å²) < 4.78 is 11.8. The number of fused-ring (bicyclic) bond motifs is 4. The van der Waals surface area contributed by atoms with Crippen molar-refractivity contribution in [2.45, 2.75) is 76.6 Å². The van der Waals surface area contributed by atoms with Gasteiger partial charge in [-0.05, 0) is 32.6 Å². The Hall–Kier alpha value is -1.16. The second-order valence-corrected chi connectivity index (χ2v) is 6.79. The zero-order valence-electron chi connectivity index (χ0n) is 12.9. The molecular weight excluding hydrogens is 268 g/mol. The Labute approximate surface area is 125 Å². The Balaban J connectivity index is 1.95. The van der Waals surface area contributed by atoms with Gasteiger partial charge in [0.15, 0.2) is 5.78 Å². The monoisotopic (exact) mass is 292 g/mol. The largest absolute Gasteiger partial charge is 0.456 e. The lowest BCUT2D eigenvalue weighted by Crippen LogP contribution is -2.53. The molecule has 0 N–H and O–H groups in total. The molecule has 4 atom stereocenters. The third-order valence-corrected chi connectivity index (χ3v) is 5.18. The van der Waals surface area contributed by atoms with Crippen LogP contribution >= 0.6 is 0 Å². The van der Waals surface area contributed by atoms with Crippen LogP contribution in [-0.4, -0.2) is 29.6 Å². The van der Waals surface area contributed by atoms with E-state index in [4.69, 9.17) is 9.47 Å². The van der Waals surface area contributed by atoms with Gasteiger partial charge in [-0.3, -0.25) is 9.59 Å². The van der Waals surface area contributed by atoms with Gasteiger partial charge in [0.05, 0.1) is 6.10 Å². The fourth-order valence-corrected chi connectivity index (χ4v) is 4.07. The molecule has 116 valence electrons. The Bertz CT molecular complexity index is 481. The molecule has 0 amide bonds. The highest BCUT2D eigenvalue weighted by Crippen LogP contribution is 2.42. The minimum Gasteiger partial charge on any atom is -0.456 e. The number of hydrogen-bond donors (Lipinski definition) is 0. The van der Waals surface area contributed by atoms with Gasteiger partial charge in [0, 0.05) is 25.7 Å². The van der Waals surface area contributed by atoms with Crippen molar-refractivity contribution >= 4 is 11.8 Å². The molecule has 3 rings (SSSR count). The second kappa shape index (κ2) is 5.56. The standard InChI is InChI=1S/C17H24O4/c1-11(18)21-17(2)10-9-12-5-3-4-6-13(12)16-14(19)7-8-15(17)20-16/h9,13,15-16H,3-8,10H2,1-2H3/t13-,15-,16-,17-/m1/s1. The van der Waals surface area contributed by atoms with Crippen LogP contribution in [0, 0.1) is 5.92 Å². The molecule has 4 nitrogen and oxygen atoms in total. The third-order valence-electron chi connectivity index (χ3n) is 5.18. The molecular formula is C17H24O4. The van der Waals surface area contributed by atoms with Crippen molar-refractivity contribution in [3.63, 3.8) is 0 Å². The van der Waals surface area contributed by atoms with Gasteiger partial charge in [-0.2, -0.15) is 0 Å². The summed E-state index contributed by atoms with van der Waals surface area (Å²) in [6.45, 7) is 3.37. The van der Waals surface area contributed by atoms with Gasteiger partial charge in [-0.15, -0.1) is 0 Å². The van der Waals surface area contributed by atoms with Crippen LogP contribution in [0.5, 0.6) is 0 Å². The summed E-state index contributed by atoms with van der Waals surface area (Å²) in [5.41, 5.74) is 0.679. The summed E-state index contributed by atoms with van der Waals surface area (Å²) in [6, 6.07) is 0. The number of hydrogen-bond acceptors (Lipinski definition) is 4. The summed E-state index contributed by atoms with van der Waals surface area (Å²) in [5, 5.41) is 0. The fourth-order valence-electron chi connectivity index (χ4n) is 4.07. The molecule has 0 aromatic rings. The molecule has 1 aliphatic carbocycles. The van der Waals surface area contributed by atoms with Crippen molar-refractivity contribution < 1.29 is 19.1 Å². The van der Waals surface area contributed by atoms with E-state index in [1.165, 1.54) is 25.3 Å². The average Bonchev–Trinajstić information content (AvgIpc) is 2.44. The van der Waals surface area contributed by atoms with Crippen molar-refractivity contribution in [3.05, 3.63) is 11.6 Å². The van der Waals surface area contributed by atoms with E-state index in [2.05, 4.69) is 6.08 Å². The van der Waals surface area contributed by atoms with E-state index in [1.54, 1.807) is 0 Å². The van der Waals surface area contributed by atoms with Gasteiger partial charge in [0.1, 0.15) is 11.7 Å². The maximum Gasteiger partial charge on any atom is 0.303 e. The van der Waals surface area contributed by atoms with E-state index in [0.29, 0.717) is 19.3 Å². The molecule has 4 heteroatoms. The third kappa shape index (κ3) is 2.78. The van der Waals surface area contributed by atoms with Crippen LogP contribution < -0.4 is 0 Å². The molecule has 2 bridgehead atoms. The normalized spacial score (nSPS) is 39.6. The molecule has 0 aromatic heterocycles. The minimum absolute atomic E-state index is 0.177. The molecule has 0 unspecified atom stereocenters. The van der Waals surface area contributed by atoms with Crippen molar-refractivity contribution in [3.8, 4) is 0 Å². The van der Waals surface area contributed by atoms with E-state index >= 15 is 0 Å². The van der Waals surface area contributed by atoms with Crippen molar-refractivity contribution in [1.82, 2.24) is 0 Å². The van der Waals surface area contributed by atoms with Gasteiger partial charge in [0.2, 0.25) is 0 Å². The molecule has 21 heavy (non-hydrogen) atoms. The van der Waals surface area contributed by atoms with Crippen LogP contribution in [0.4, 0.5) is 0 Å². The lowest BCUT2D eigenvalue weighted by atomic mass is 9.74. The summed E-state index contributed by atoms with van der Waals surface area (Å²) in [4.78, 5) is 23.8. The van der Waals surface area contributed by atoms with Gasteiger partial charge >= 0.3 is 5.97 Å². The number of esters is 1. The Morgan fingerprint density at radius 1 is 1.33 bits per heavy atom. The predicted molar refractivity (Wildman–Crippen MR) is 77.7 cm³/mol. The van der Waals surface area contributed by atoms with Gasteiger partial charge in [-0.1, -0.05) is 18.1 Å². The van der Waals surface area contributed by atoms with Crippen molar-refractivity contribution in [2.24, 2.45) is 5.92 Å². The van der Waals surface area contributed by atoms with Gasteiger partial charge < -0.3 is 9.47 Å². The number of rotatable bonds is 1. The average molecular weight is 292 g/mol. The SMILES string of the molecule is CC(=O)O[C@]1(C)CC=C2CCCC[C@H]2[C@H]2O[C@@H]1CCC2=O. The van der Waals surface area contributed by atoms with E-state index in [9.17, 15) is 9.59 Å². The molecule has 2 heterocycles. The quantitative estimate of drug-likeness (QED) is 0.551. The number of ether oxygens (including phenoxy) is 2. The van der Waals surface area contributed by atoms with Crippen LogP contribution in [0.3, 0.4) is 0 Å². The van der Waals surface area contributed by atoms with E-state index in [1.807, 2.05) is 6.92 Å². The summed E-state index contributed by atoms with van der Waals surface area (Å²) >= 11 is 0. The first-order valence-electron chi connectivity index (χ1n) is 8.06. The number of Topliss-reactive ketones (excluding diaryl/α,β-unsaturated/α-hetero) is 1. The summed E-state index contributed by atoms with van der Waals surface area (Å²) in [7, 11) is 0. The maximum atomic E-state index is 12.3. The van der Waals surface area contributed by atoms with Crippen LogP contribution in [-0.2, 0) is 19.1 Å². The first-order chi connectivity index (χ1) is 9.99. The highest BCUT2D eigenvalue weighted by Gasteiger charge is 2.47. The van der Waals surface area contributed by atoms with Crippen molar-refractivity contribution in [2.75, 3.05) is 0 Å². The highest BCUT2D eigenvalue weighted by molar-refractivity contribution is 5.84.